The Hall–Kier alpha value is -0.900. The van der Waals surface area contributed by atoms with E-state index in [-0.39, 0.29) is 18.3 Å². The quantitative estimate of drug-likeness (QED) is 0.720. The molecule has 2 aliphatic rings. The number of hydrogen-bond acceptors (Lipinski definition) is 3. The van der Waals surface area contributed by atoms with E-state index in [1.54, 1.807) is 0 Å². The topological polar surface area (TPSA) is 66.4 Å². The predicted molar refractivity (Wildman–Crippen MR) is 63.3 cm³/mol. The van der Waals surface area contributed by atoms with Crippen molar-refractivity contribution in [3.05, 3.63) is 0 Å². The first-order valence-electron chi connectivity index (χ1n) is 6.61. The third kappa shape index (κ3) is 2.37. The molecule has 0 aromatic carbocycles. The third-order valence-electron chi connectivity index (χ3n) is 4.25. The first kappa shape index (κ1) is 12.6. The van der Waals surface area contributed by atoms with E-state index >= 15 is 0 Å². The average Bonchev–Trinajstić information content (AvgIpc) is 2.82. The molecule has 1 aliphatic carbocycles. The molecule has 96 valence electrons. The van der Waals surface area contributed by atoms with Crippen LogP contribution in [-0.4, -0.2) is 29.9 Å². The van der Waals surface area contributed by atoms with Crippen LogP contribution in [0.15, 0.2) is 0 Å². The molecule has 0 radical (unpaired) electrons. The van der Waals surface area contributed by atoms with Gasteiger partial charge in [0.1, 0.15) is 5.41 Å². The van der Waals surface area contributed by atoms with E-state index in [1.165, 1.54) is 12.8 Å². The van der Waals surface area contributed by atoms with Gasteiger partial charge in [-0.1, -0.05) is 25.7 Å². The van der Waals surface area contributed by atoms with Gasteiger partial charge in [-0.25, -0.2) is 0 Å². The molecule has 1 atom stereocenters. The maximum atomic E-state index is 12.3. The summed E-state index contributed by atoms with van der Waals surface area (Å²) in [5, 5.41) is 12.2. The highest BCUT2D eigenvalue weighted by Crippen LogP contribution is 2.34. The van der Waals surface area contributed by atoms with Gasteiger partial charge in [-0.05, 0) is 18.8 Å². The number of ketones is 1. The zero-order chi connectivity index (χ0) is 12.3. The lowest BCUT2D eigenvalue weighted by molar-refractivity contribution is -0.148. The number of aliphatic hydroxyl groups is 1. The number of nitrogens with one attached hydrogen (secondary N) is 1. The molecule has 0 aromatic rings. The van der Waals surface area contributed by atoms with Gasteiger partial charge < -0.3 is 10.4 Å². The molecule has 2 N–H and O–H groups in total. The summed E-state index contributed by atoms with van der Waals surface area (Å²) >= 11 is 0. The van der Waals surface area contributed by atoms with E-state index in [9.17, 15) is 14.7 Å². The average molecular weight is 239 g/mol. The molecule has 2 rings (SSSR count). The molecule has 1 unspecified atom stereocenters. The summed E-state index contributed by atoms with van der Waals surface area (Å²) in [6.45, 7) is 0.279. The molecule has 0 spiro atoms. The predicted octanol–water partition coefficient (Wildman–Crippen LogP) is 1.02. The largest absolute Gasteiger partial charge is 0.395 e. The number of hydrogen-bond donors (Lipinski definition) is 2. The lowest BCUT2D eigenvalue weighted by Gasteiger charge is -2.33. The second kappa shape index (κ2) is 5.17. The van der Waals surface area contributed by atoms with Crippen LogP contribution < -0.4 is 5.32 Å². The molecule has 2 fully saturated rings. The van der Waals surface area contributed by atoms with E-state index < -0.39 is 5.41 Å². The number of Topliss-reactive ketones (excluding diaryl/α,β-unsaturated/α-hetero) is 1. The summed E-state index contributed by atoms with van der Waals surface area (Å²) in [6, 6.07) is 0. The van der Waals surface area contributed by atoms with Gasteiger partial charge in [0, 0.05) is 13.0 Å². The minimum Gasteiger partial charge on any atom is -0.395 e. The van der Waals surface area contributed by atoms with Crippen LogP contribution in [0.4, 0.5) is 0 Å². The normalized spacial score (nSPS) is 30.3. The van der Waals surface area contributed by atoms with Crippen molar-refractivity contribution in [2.75, 3.05) is 13.2 Å². The summed E-state index contributed by atoms with van der Waals surface area (Å²) in [5.41, 5.74) is -1.14. The Kier molecular flexibility index (Phi) is 3.82. The van der Waals surface area contributed by atoms with Crippen LogP contribution in [-0.2, 0) is 9.59 Å². The Morgan fingerprint density at radius 3 is 2.65 bits per heavy atom. The van der Waals surface area contributed by atoms with Crippen LogP contribution in [0.3, 0.4) is 0 Å². The van der Waals surface area contributed by atoms with E-state index in [0.717, 1.165) is 19.3 Å². The third-order valence-corrected chi connectivity index (χ3v) is 4.25. The number of aliphatic hydroxyl groups excluding tert-OH is 1. The van der Waals surface area contributed by atoms with Gasteiger partial charge >= 0.3 is 0 Å². The van der Waals surface area contributed by atoms with E-state index in [2.05, 4.69) is 5.32 Å². The fourth-order valence-corrected chi connectivity index (χ4v) is 3.05. The van der Waals surface area contributed by atoms with Crippen LogP contribution in [0.25, 0.3) is 0 Å². The van der Waals surface area contributed by atoms with Crippen LogP contribution in [0.2, 0.25) is 0 Å². The lowest BCUT2D eigenvalue weighted by atomic mass is 9.74. The Balaban J connectivity index is 2.05. The Morgan fingerprint density at radius 1 is 1.35 bits per heavy atom. The number of piperidine rings is 1. The molecule has 1 aliphatic heterocycles. The highest BCUT2D eigenvalue weighted by atomic mass is 16.3. The van der Waals surface area contributed by atoms with Crippen molar-refractivity contribution in [2.45, 2.75) is 44.9 Å². The summed E-state index contributed by atoms with van der Waals surface area (Å²) < 4.78 is 0. The van der Waals surface area contributed by atoms with Gasteiger partial charge in [-0.15, -0.1) is 0 Å². The van der Waals surface area contributed by atoms with Gasteiger partial charge in [-0.3, -0.25) is 9.59 Å². The minimum absolute atomic E-state index is 0.0518. The summed E-state index contributed by atoms with van der Waals surface area (Å²) in [6.07, 6.45) is 6.31. The van der Waals surface area contributed by atoms with E-state index in [0.29, 0.717) is 25.3 Å². The molecule has 0 aromatic heterocycles. The fraction of sp³-hybridized carbons (Fsp3) is 0.846. The van der Waals surface area contributed by atoms with Gasteiger partial charge in [-0.2, -0.15) is 0 Å². The van der Waals surface area contributed by atoms with Crippen LogP contribution >= 0.6 is 0 Å². The first-order valence-corrected chi connectivity index (χ1v) is 6.61. The molecule has 4 nitrogen and oxygen atoms in total. The standard InChI is InChI=1S/C13H21NO3/c15-9-13(6-3-7-14-12(13)17)11(16)8-10-4-1-2-5-10/h10,15H,1-9H2,(H,14,17). The van der Waals surface area contributed by atoms with Crippen LogP contribution in [0, 0.1) is 11.3 Å². The summed E-state index contributed by atoms with van der Waals surface area (Å²) in [4.78, 5) is 24.2. The van der Waals surface area contributed by atoms with E-state index in [4.69, 9.17) is 0 Å². The van der Waals surface area contributed by atoms with Crippen molar-refractivity contribution in [2.24, 2.45) is 11.3 Å². The lowest BCUT2D eigenvalue weighted by Crippen LogP contribution is -2.53. The van der Waals surface area contributed by atoms with E-state index in [1.807, 2.05) is 0 Å². The zero-order valence-electron chi connectivity index (χ0n) is 10.2. The van der Waals surface area contributed by atoms with Crippen molar-refractivity contribution in [3.8, 4) is 0 Å². The molecule has 4 heteroatoms. The molecular formula is C13H21NO3. The molecule has 1 saturated heterocycles. The number of amides is 1. The van der Waals surface area contributed by atoms with Crippen LogP contribution in [0.5, 0.6) is 0 Å². The monoisotopic (exact) mass is 239 g/mol. The van der Waals surface area contributed by atoms with Crippen molar-refractivity contribution < 1.29 is 14.7 Å². The number of carbonyl (C=O) groups is 2. The Morgan fingerprint density at radius 2 is 2.06 bits per heavy atom. The maximum absolute atomic E-state index is 12.3. The Labute approximate surface area is 102 Å². The van der Waals surface area contributed by atoms with Crippen molar-refractivity contribution in [1.29, 1.82) is 0 Å². The first-order chi connectivity index (χ1) is 8.19. The second-order valence-corrected chi connectivity index (χ2v) is 5.38. The zero-order valence-corrected chi connectivity index (χ0v) is 10.2. The fourth-order valence-electron chi connectivity index (χ4n) is 3.05. The number of rotatable bonds is 4. The van der Waals surface area contributed by atoms with Gasteiger partial charge in [0.2, 0.25) is 5.91 Å². The van der Waals surface area contributed by atoms with Gasteiger partial charge in [0.25, 0.3) is 0 Å². The highest BCUT2D eigenvalue weighted by Gasteiger charge is 2.46. The van der Waals surface area contributed by atoms with Crippen molar-refractivity contribution in [1.82, 2.24) is 5.32 Å². The second-order valence-electron chi connectivity index (χ2n) is 5.38. The van der Waals surface area contributed by atoms with Gasteiger partial charge in [0.15, 0.2) is 5.78 Å². The molecule has 1 amide bonds. The highest BCUT2D eigenvalue weighted by molar-refractivity contribution is 6.06. The molecule has 0 bridgehead atoms. The maximum Gasteiger partial charge on any atom is 0.236 e. The van der Waals surface area contributed by atoms with Crippen molar-refractivity contribution >= 4 is 11.7 Å². The molecular weight excluding hydrogens is 218 g/mol. The SMILES string of the molecule is O=C(CC1CCCC1)C1(CO)CCCNC1=O. The van der Waals surface area contributed by atoms with Crippen LogP contribution in [0.1, 0.15) is 44.9 Å². The molecule has 17 heavy (non-hydrogen) atoms. The Bertz CT molecular complexity index is 310. The molecule has 1 heterocycles. The smallest absolute Gasteiger partial charge is 0.236 e. The number of carbonyl (C=O) groups excluding carboxylic acids is 2. The molecule has 1 saturated carbocycles. The van der Waals surface area contributed by atoms with Crippen molar-refractivity contribution in [3.63, 3.8) is 0 Å². The summed E-state index contributed by atoms with van der Waals surface area (Å²) in [5.74, 6) is 0.110. The minimum atomic E-state index is -1.14. The van der Waals surface area contributed by atoms with Gasteiger partial charge in [0.05, 0.1) is 6.61 Å². The summed E-state index contributed by atoms with van der Waals surface area (Å²) in [7, 11) is 0.